The SMILES string of the molecule is OCC(NO)c1ccc(O)c(F)c1. The van der Waals surface area contributed by atoms with Gasteiger partial charge in [-0.1, -0.05) is 6.07 Å². The van der Waals surface area contributed by atoms with Crippen molar-refractivity contribution >= 4 is 0 Å². The van der Waals surface area contributed by atoms with Crippen LogP contribution in [0.3, 0.4) is 0 Å². The first-order valence-corrected chi connectivity index (χ1v) is 3.68. The van der Waals surface area contributed by atoms with Crippen molar-refractivity contribution < 1.29 is 19.8 Å². The Morgan fingerprint density at radius 2 is 2.15 bits per heavy atom. The highest BCUT2D eigenvalue weighted by Crippen LogP contribution is 2.20. The van der Waals surface area contributed by atoms with Gasteiger partial charge in [0, 0.05) is 0 Å². The number of phenols is 1. The van der Waals surface area contributed by atoms with Crippen molar-refractivity contribution in [2.45, 2.75) is 6.04 Å². The molecule has 5 heteroatoms. The highest BCUT2D eigenvalue weighted by Gasteiger charge is 2.10. The lowest BCUT2D eigenvalue weighted by Crippen LogP contribution is -2.20. The zero-order valence-electron chi connectivity index (χ0n) is 6.74. The number of nitrogens with one attached hydrogen (secondary N) is 1. The first-order valence-electron chi connectivity index (χ1n) is 3.68. The number of hydrogen-bond acceptors (Lipinski definition) is 4. The maximum atomic E-state index is 12.8. The maximum absolute atomic E-state index is 12.8. The molecule has 0 saturated carbocycles. The number of aromatic hydroxyl groups is 1. The summed E-state index contributed by atoms with van der Waals surface area (Å²) in [5.41, 5.74) is 2.18. The van der Waals surface area contributed by atoms with E-state index < -0.39 is 17.6 Å². The summed E-state index contributed by atoms with van der Waals surface area (Å²) in [6.45, 7) is -0.360. The number of hydrogen-bond donors (Lipinski definition) is 4. The monoisotopic (exact) mass is 187 g/mol. The summed E-state index contributed by atoms with van der Waals surface area (Å²) in [5.74, 6) is -1.25. The molecule has 0 aliphatic carbocycles. The van der Waals surface area contributed by atoms with Crippen molar-refractivity contribution in [2.75, 3.05) is 6.61 Å². The lowest BCUT2D eigenvalue weighted by Gasteiger charge is -2.12. The first-order chi connectivity index (χ1) is 6.19. The van der Waals surface area contributed by atoms with Gasteiger partial charge in [0.25, 0.3) is 0 Å². The van der Waals surface area contributed by atoms with E-state index in [1.165, 1.54) is 6.07 Å². The molecule has 0 spiro atoms. The highest BCUT2D eigenvalue weighted by molar-refractivity contribution is 5.29. The van der Waals surface area contributed by atoms with Crippen LogP contribution in [0.25, 0.3) is 0 Å². The molecule has 0 radical (unpaired) electrons. The molecule has 0 aliphatic heterocycles. The number of benzene rings is 1. The summed E-state index contributed by atoms with van der Waals surface area (Å²) in [5, 5.41) is 26.1. The van der Waals surface area contributed by atoms with E-state index in [1.54, 1.807) is 0 Å². The molecule has 0 heterocycles. The van der Waals surface area contributed by atoms with Crippen LogP contribution < -0.4 is 5.48 Å². The largest absolute Gasteiger partial charge is 0.505 e. The number of aliphatic hydroxyl groups is 1. The van der Waals surface area contributed by atoms with Crippen LogP contribution >= 0.6 is 0 Å². The van der Waals surface area contributed by atoms with Gasteiger partial charge in [-0.2, -0.15) is 5.48 Å². The van der Waals surface area contributed by atoms with Gasteiger partial charge in [0.15, 0.2) is 11.6 Å². The Labute approximate surface area is 74.2 Å². The minimum atomic E-state index is -0.786. The normalized spacial score (nSPS) is 12.8. The topological polar surface area (TPSA) is 72.7 Å². The van der Waals surface area contributed by atoms with Crippen LogP contribution in [0.1, 0.15) is 11.6 Å². The van der Waals surface area contributed by atoms with Crippen molar-refractivity contribution in [3.8, 4) is 5.75 Å². The smallest absolute Gasteiger partial charge is 0.165 e. The van der Waals surface area contributed by atoms with E-state index in [1.807, 2.05) is 5.48 Å². The predicted molar refractivity (Wildman–Crippen MR) is 42.8 cm³/mol. The molecule has 0 saturated heterocycles. The van der Waals surface area contributed by atoms with Gasteiger partial charge in [0.2, 0.25) is 0 Å². The second-order valence-electron chi connectivity index (χ2n) is 2.58. The van der Waals surface area contributed by atoms with Gasteiger partial charge >= 0.3 is 0 Å². The van der Waals surface area contributed by atoms with Gasteiger partial charge < -0.3 is 15.4 Å². The number of rotatable bonds is 3. The number of phenolic OH excluding ortho intramolecular Hbond substituents is 1. The lowest BCUT2D eigenvalue weighted by molar-refractivity contribution is 0.0904. The highest BCUT2D eigenvalue weighted by atomic mass is 19.1. The summed E-state index contributed by atoms with van der Waals surface area (Å²) >= 11 is 0. The summed E-state index contributed by atoms with van der Waals surface area (Å²) in [6.07, 6.45) is 0. The summed E-state index contributed by atoms with van der Waals surface area (Å²) in [4.78, 5) is 0. The van der Waals surface area contributed by atoms with E-state index in [2.05, 4.69) is 0 Å². The van der Waals surface area contributed by atoms with Crippen molar-refractivity contribution in [3.63, 3.8) is 0 Å². The van der Waals surface area contributed by atoms with Crippen LogP contribution in [0, 0.1) is 5.82 Å². The van der Waals surface area contributed by atoms with Gasteiger partial charge in [-0.15, -0.1) is 0 Å². The molecule has 0 amide bonds. The molecule has 0 aliphatic rings. The van der Waals surface area contributed by atoms with E-state index in [0.717, 1.165) is 12.1 Å². The van der Waals surface area contributed by atoms with Gasteiger partial charge in [-0.05, 0) is 17.7 Å². The molecule has 13 heavy (non-hydrogen) atoms. The van der Waals surface area contributed by atoms with E-state index in [0.29, 0.717) is 5.56 Å². The van der Waals surface area contributed by atoms with Crippen LogP contribution in [0.4, 0.5) is 4.39 Å². The van der Waals surface area contributed by atoms with Crippen molar-refractivity contribution in [2.24, 2.45) is 0 Å². The molecular formula is C8H10FNO3. The van der Waals surface area contributed by atoms with Crippen molar-refractivity contribution in [3.05, 3.63) is 29.6 Å². The molecule has 1 aromatic rings. The van der Waals surface area contributed by atoms with Crippen LogP contribution in [-0.2, 0) is 0 Å². The van der Waals surface area contributed by atoms with Crippen LogP contribution in [0.15, 0.2) is 18.2 Å². The number of halogens is 1. The molecular weight excluding hydrogens is 177 g/mol. The predicted octanol–water partition coefficient (Wildman–Crippen LogP) is 0.544. The third kappa shape index (κ3) is 2.15. The standard InChI is InChI=1S/C8H10FNO3/c9-6-3-5(1-2-8(6)12)7(4-11)10-13/h1-3,7,10-13H,4H2. The van der Waals surface area contributed by atoms with Gasteiger partial charge in [-0.25, -0.2) is 4.39 Å². The van der Waals surface area contributed by atoms with Crippen molar-refractivity contribution in [1.82, 2.24) is 5.48 Å². The van der Waals surface area contributed by atoms with Crippen molar-refractivity contribution in [1.29, 1.82) is 0 Å². The minimum Gasteiger partial charge on any atom is -0.505 e. The number of hydroxylamine groups is 1. The van der Waals surface area contributed by atoms with E-state index in [9.17, 15) is 4.39 Å². The second kappa shape index (κ2) is 4.18. The molecule has 0 bridgehead atoms. The summed E-state index contributed by atoms with van der Waals surface area (Å²) in [6, 6.07) is 2.86. The number of aliphatic hydroxyl groups excluding tert-OH is 1. The second-order valence-corrected chi connectivity index (χ2v) is 2.58. The zero-order chi connectivity index (χ0) is 9.84. The Morgan fingerprint density at radius 1 is 1.46 bits per heavy atom. The summed E-state index contributed by atoms with van der Waals surface area (Å²) < 4.78 is 12.8. The Kier molecular flexibility index (Phi) is 3.18. The minimum absolute atomic E-state index is 0.360. The third-order valence-electron chi connectivity index (χ3n) is 1.71. The fourth-order valence-electron chi connectivity index (χ4n) is 0.961. The molecule has 1 aromatic carbocycles. The molecule has 0 aromatic heterocycles. The molecule has 1 rings (SSSR count). The third-order valence-corrected chi connectivity index (χ3v) is 1.71. The average molecular weight is 187 g/mol. The Balaban J connectivity index is 2.95. The molecule has 4 nitrogen and oxygen atoms in total. The summed E-state index contributed by atoms with van der Waals surface area (Å²) in [7, 11) is 0. The fourth-order valence-corrected chi connectivity index (χ4v) is 0.961. The van der Waals surface area contributed by atoms with Crippen LogP contribution in [0.2, 0.25) is 0 Å². The first kappa shape index (κ1) is 9.91. The maximum Gasteiger partial charge on any atom is 0.165 e. The van der Waals surface area contributed by atoms with E-state index in [4.69, 9.17) is 15.4 Å². The molecule has 4 N–H and O–H groups in total. The van der Waals surface area contributed by atoms with Gasteiger partial charge in [0.05, 0.1) is 12.6 Å². The Bertz CT molecular complexity index is 289. The average Bonchev–Trinajstić information content (AvgIpc) is 2.13. The molecule has 1 unspecified atom stereocenters. The lowest BCUT2D eigenvalue weighted by atomic mass is 10.1. The van der Waals surface area contributed by atoms with Crippen LogP contribution in [-0.4, -0.2) is 22.0 Å². The fraction of sp³-hybridized carbons (Fsp3) is 0.250. The zero-order valence-corrected chi connectivity index (χ0v) is 6.74. The Morgan fingerprint density at radius 3 is 2.62 bits per heavy atom. The van der Waals surface area contributed by atoms with E-state index >= 15 is 0 Å². The molecule has 1 atom stereocenters. The van der Waals surface area contributed by atoms with Gasteiger partial charge in [-0.3, -0.25) is 0 Å². The van der Waals surface area contributed by atoms with E-state index in [-0.39, 0.29) is 6.61 Å². The van der Waals surface area contributed by atoms with Crippen LogP contribution in [0.5, 0.6) is 5.75 Å². The quantitative estimate of drug-likeness (QED) is 0.521. The Hall–Kier alpha value is -1.17. The van der Waals surface area contributed by atoms with Gasteiger partial charge in [0.1, 0.15) is 0 Å². The molecule has 72 valence electrons. The molecule has 0 fully saturated rings.